The second-order valence-electron chi connectivity index (χ2n) is 3.55. The lowest BCUT2D eigenvalue weighted by molar-refractivity contribution is 0.103. The summed E-state index contributed by atoms with van der Waals surface area (Å²) in [7, 11) is 0. The van der Waals surface area contributed by atoms with Gasteiger partial charge in [0.05, 0.1) is 5.56 Å². The summed E-state index contributed by atoms with van der Waals surface area (Å²) in [4.78, 5) is 12.0. The fraction of sp³-hybridized carbons (Fsp3) is 0. The van der Waals surface area contributed by atoms with Gasteiger partial charge >= 0.3 is 0 Å². The van der Waals surface area contributed by atoms with Crippen molar-refractivity contribution in [3.8, 4) is 0 Å². The highest BCUT2D eigenvalue weighted by atomic mass is 79.9. The molecule has 0 aliphatic carbocycles. The largest absolute Gasteiger partial charge is 0.288 e. The molecule has 0 N–H and O–H groups in total. The zero-order chi connectivity index (χ0) is 13.3. The number of ketones is 1. The Morgan fingerprint density at radius 2 is 1.61 bits per heavy atom. The minimum absolute atomic E-state index is 0.126. The smallest absolute Gasteiger partial charge is 0.200 e. The van der Waals surface area contributed by atoms with Gasteiger partial charge in [0.2, 0.25) is 0 Å². The first-order chi connectivity index (χ1) is 8.50. The Labute approximate surface area is 109 Å². The van der Waals surface area contributed by atoms with E-state index in [0.717, 1.165) is 30.3 Å². The lowest BCUT2D eigenvalue weighted by Crippen LogP contribution is -2.08. The van der Waals surface area contributed by atoms with Crippen LogP contribution in [0.4, 0.5) is 13.2 Å². The molecule has 2 rings (SSSR count). The monoisotopic (exact) mass is 314 g/mol. The quantitative estimate of drug-likeness (QED) is 0.763. The van der Waals surface area contributed by atoms with Crippen molar-refractivity contribution in [2.45, 2.75) is 0 Å². The predicted molar refractivity (Wildman–Crippen MR) is 63.9 cm³/mol. The molecule has 0 saturated heterocycles. The first kappa shape index (κ1) is 12.8. The van der Waals surface area contributed by atoms with E-state index in [0.29, 0.717) is 0 Å². The number of hydrogen-bond acceptors (Lipinski definition) is 1. The van der Waals surface area contributed by atoms with Crippen molar-refractivity contribution in [3.05, 3.63) is 69.4 Å². The molecule has 0 amide bonds. The molecule has 0 aromatic heterocycles. The molecule has 1 nitrogen and oxygen atoms in total. The van der Waals surface area contributed by atoms with Gasteiger partial charge in [-0.2, -0.15) is 0 Å². The Morgan fingerprint density at radius 3 is 2.22 bits per heavy atom. The number of rotatable bonds is 2. The molecule has 92 valence electrons. The zero-order valence-electron chi connectivity index (χ0n) is 8.88. The van der Waals surface area contributed by atoms with Crippen molar-refractivity contribution in [1.82, 2.24) is 0 Å². The van der Waals surface area contributed by atoms with E-state index in [2.05, 4.69) is 15.9 Å². The minimum atomic E-state index is -0.976. The number of carbonyl (C=O) groups is 1. The Bertz CT molecular complexity index is 605. The van der Waals surface area contributed by atoms with Crippen LogP contribution in [0.3, 0.4) is 0 Å². The Morgan fingerprint density at radius 1 is 1.00 bits per heavy atom. The maximum absolute atomic E-state index is 13.4. The summed E-state index contributed by atoms with van der Waals surface area (Å²) < 4.78 is 40.2. The van der Waals surface area contributed by atoms with E-state index in [-0.39, 0.29) is 10.0 Å². The SMILES string of the molecule is O=C(c1cc(F)ccc1Br)c1c(F)cccc1F. The summed E-state index contributed by atoms with van der Waals surface area (Å²) in [5.41, 5.74) is -0.817. The van der Waals surface area contributed by atoms with Crippen LogP contribution in [0.1, 0.15) is 15.9 Å². The molecule has 0 radical (unpaired) electrons. The van der Waals surface area contributed by atoms with Gasteiger partial charge in [-0.1, -0.05) is 22.0 Å². The summed E-state index contributed by atoms with van der Waals surface area (Å²) in [6.07, 6.45) is 0. The molecule has 0 saturated carbocycles. The summed E-state index contributed by atoms with van der Waals surface area (Å²) in [5, 5.41) is 0. The Balaban J connectivity index is 2.58. The van der Waals surface area contributed by atoms with E-state index in [4.69, 9.17) is 0 Å². The lowest BCUT2D eigenvalue weighted by Gasteiger charge is -2.06. The topological polar surface area (TPSA) is 17.1 Å². The van der Waals surface area contributed by atoms with Gasteiger partial charge in [-0.3, -0.25) is 4.79 Å². The van der Waals surface area contributed by atoms with Crippen molar-refractivity contribution in [2.24, 2.45) is 0 Å². The first-order valence-electron chi connectivity index (χ1n) is 4.94. The number of benzene rings is 2. The molecule has 0 aliphatic heterocycles. The van der Waals surface area contributed by atoms with E-state index in [9.17, 15) is 18.0 Å². The second-order valence-corrected chi connectivity index (χ2v) is 4.40. The van der Waals surface area contributed by atoms with Crippen LogP contribution < -0.4 is 0 Å². The standard InChI is InChI=1S/C13H6BrF3O/c14-9-5-4-7(15)6-8(9)13(18)12-10(16)2-1-3-11(12)17/h1-6H. The van der Waals surface area contributed by atoms with E-state index in [1.165, 1.54) is 6.07 Å². The summed E-state index contributed by atoms with van der Waals surface area (Å²) in [6, 6.07) is 6.48. The van der Waals surface area contributed by atoms with E-state index in [1.807, 2.05) is 0 Å². The molecule has 0 heterocycles. The van der Waals surface area contributed by atoms with Gasteiger partial charge in [0.15, 0.2) is 5.78 Å². The molecular formula is C13H6BrF3O. The van der Waals surface area contributed by atoms with Crippen LogP contribution in [-0.2, 0) is 0 Å². The van der Waals surface area contributed by atoms with Gasteiger partial charge in [-0.15, -0.1) is 0 Å². The van der Waals surface area contributed by atoms with Crippen molar-refractivity contribution >= 4 is 21.7 Å². The van der Waals surface area contributed by atoms with Crippen LogP contribution in [0.5, 0.6) is 0 Å². The van der Waals surface area contributed by atoms with Gasteiger partial charge in [0.1, 0.15) is 17.5 Å². The van der Waals surface area contributed by atoms with Crippen molar-refractivity contribution < 1.29 is 18.0 Å². The number of hydrogen-bond donors (Lipinski definition) is 0. The van der Waals surface area contributed by atoms with E-state index in [1.54, 1.807) is 0 Å². The Hall–Kier alpha value is -1.62. The molecule has 0 aliphatic rings. The third-order valence-electron chi connectivity index (χ3n) is 2.36. The van der Waals surface area contributed by atoms with Crippen molar-refractivity contribution in [1.29, 1.82) is 0 Å². The van der Waals surface area contributed by atoms with Gasteiger partial charge in [0, 0.05) is 10.0 Å². The maximum atomic E-state index is 13.4. The van der Waals surface area contributed by atoms with Crippen molar-refractivity contribution in [3.63, 3.8) is 0 Å². The fourth-order valence-corrected chi connectivity index (χ4v) is 1.95. The van der Waals surface area contributed by atoms with Crippen LogP contribution in [0.2, 0.25) is 0 Å². The van der Waals surface area contributed by atoms with E-state index >= 15 is 0 Å². The van der Waals surface area contributed by atoms with E-state index < -0.39 is 28.8 Å². The van der Waals surface area contributed by atoms with Gasteiger partial charge in [-0.25, -0.2) is 13.2 Å². The fourth-order valence-electron chi connectivity index (χ4n) is 1.52. The highest BCUT2D eigenvalue weighted by Crippen LogP contribution is 2.23. The highest BCUT2D eigenvalue weighted by Gasteiger charge is 2.21. The molecule has 0 spiro atoms. The van der Waals surface area contributed by atoms with Crippen LogP contribution >= 0.6 is 15.9 Å². The maximum Gasteiger partial charge on any atom is 0.200 e. The number of halogens is 4. The Kier molecular flexibility index (Phi) is 3.52. The van der Waals surface area contributed by atoms with Crippen LogP contribution in [0.25, 0.3) is 0 Å². The lowest BCUT2D eigenvalue weighted by atomic mass is 10.0. The van der Waals surface area contributed by atoms with Gasteiger partial charge in [0.25, 0.3) is 0 Å². The molecule has 0 fully saturated rings. The molecule has 0 bridgehead atoms. The molecule has 2 aromatic rings. The van der Waals surface area contributed by atoms with Crippen LogP contribution in [0, 0.1) is 17.5 Å². The number of carbonyl (C=O) groups excluding carboxylic acids is 1. The molecule has 0 atom stereocenters. The second kappa shape index (κ2) is 4.94. The highest BCUT2D eigenvalue weighted by molar-refractivity contribution is 9.10. The zero-order valence-corrected chi connectivity index (χ0v) is 10.5. The average molecular weight is 315 g/mol. The van der Waals surface area contributed by atoms with Gasteiger partial charge < -0.3 is 0 Å². The predicted octanol–water partition coefficient (Wildman–Crippen LogP) is 4.10. The third-order valence-corrected chi connectivity index (χ3v) is 3.05. The first-order valence-corrected chi connectivity index (χ1v) is 5.74. The molecule has 18 heavy (non-hydrogen) atoms. The molecule has 5 heteroatoms. The van der Waals surface area contributed by atoms with Crippen LogP contribution in [-0.4, -0.2) is 5.78 Å². The summed E-state index contributed by atoms with van der Waals surface area (Å²) in [6.45, 7) is 0. The van der Waals surface area contributed by atoms with Crippen molar-refractivity contribution in [2.75, 3.05) is 0 Å². The third kappa shape index (κ3) is 2.31. The molecule has 2 aromatic carbocycles. The molecule has 0 unspecified atom stereocenters. The van der Waals surface area contributed by atoms with Gasteiger partial charge in [-0.05, 0) is 30.3 Å². The molecular weight excluding hydrogens is 309 g/mol. The average Bonchev–Trinajstić information content (AvgIpc) is 2.32. The normalized spacial score (nSPS) is 10.4. The minimum Gasteiger partial charge on any atom is -0.288 e. The summed E-state index contributed by atoms with van der Waals surface area (Å²) >= 11 is 3.05. The van der Waals surface area contributed by atoms with Crippen LogP contribution in [0.15, 0.2) is 40.9 Å². The summed E-state index contributed by atoms with van der Waals surface area (Å²) in [5.74, 6) is -3.51.